The zero-order chi connectivity index (χ0) is 26.1. The number of benzene rings is 2. The first-order valence-corrected chi connectivity index (χ1v) is 13.4. The van der Waals surface area contributed by atoms with Gasteiger partial charge in [-0.15, -0.1) is 11.8 Å². The van der Waals surface area contributed by atoms with Gasteiger partial charge in [-0.1, -0.05) is 57.2 Å². The maximum absolute atomic E-state index is 11.3. The van der Waals surface area contributed by atoms with Gasteiger partial charge in [0.2, 0.25) is 0 Å². The normalized spacial score (nSPS) is 13.2. The molecule has 0 saturated heterocycles. The second-order valence-electron chi connectivity index (χ2n) is 11.2. The number of rotatable bonds is 8. The Morgan fingerprint density at radius 2 is 1.69 bits per heavy atom. The quantitative estimate of drug-likeness (QED) is 0.242. The summed E-state index contributed by atoms with van der Waals surface area (Å²) in [6, 6.07) is 18.6. The number of aromatic amines is 1. The van der Waals surface area contributed by atoms with Crippen LogP contribution in [0.5, 0.6) is 5.75 Å². The highest BCUT2D eigenvalue weighted by Gasteiger charge is 2.34. The molecule has 5 heteroatoms. The molecular weight excluding hydrogens is 464 g/mol. The van der Waals surface area contributed by atoms with Crippen LogP contribution in [-0.2, 0) is 13.0 Å². The molecule has 0 aliphatic rings. The molecule has 2 heterocycles. The van der Waals surface area contributed by atoms with Gasteiger partial charge in [-0.3, -0.25) is 4.98 Å². The van der Waals surface area contributed by atoms with Crippen molar-refractivity contribution in [3.05, 3.63) is 88.9 Å². The van der Waals surface area contributed by atoms with Crippen LogP contribution in [0.4, 0.5) is 0 Å². The number of nitrogens with zero attached hydrogens (tertiary/aromatic N) is 1. The molecular formula is C31H38N2O2S. The Kier molecular flexibility index (Phi) is 7.53. The molecule has 36 heavy (non-hydrogen) atoms. The van der Waals surface area contributed by atoms with Crippen molar-refractivity contribution in [3.63, 3.8) is 0 Å². The number of ether oxygens (including phenoxy) is 1. The number of hydrogen-bond acceptors (Lipinski definition) is 4. The van der Waals surface area contributed by atoms with Crippen LogP contribution in [0.2, 0.25) is 0 Å². The van der Waals surface area contributed by atoms with E-state index in [9.17, 15) is 5.11 Å². The molecule has 1 atom stereocenters. The molecule has 1 unspecified atom stereocenters. The van der Waals surface area contributed by atoms with Gasteiger partial charge in [-0.25, -0.2) is 0 Å². The van der Waals surface area contributed by atoms with Crippen molar-refractivity contribution < 1.29 is 9.84 Å². The Labute approximate surface area is 219 Å². The Balaban J connectivity index is 1.79. The molecule has 4 aromatic rings. The summed E-state index contributed by atoms with van der Waals surface area (Å²) in [7, 11) is 0. The van der Waals surface area contributed by atoms with Crippen LogP contribution in [0.1, 0.15) is 68.6 Å². The maximum Gasteiger partial charge on any atom is 0.130 e. The summed E-state index contributed by atoms with van der Waals surface area (Å²) in [6.45, 7) is 15.1. The fourth-order valence-corrected chi connectivity index (χ4v) is 5.81. The van der Waals surface area contributed by atoms with Crippen LogP contribution in [0.15, 0.2) is 65.7 Å². The number of nitrogens with one attached hydrogen (secondary N) is 1. The lowest BCUT2D eigenvalue weighted by Gasteiger charge is -2.31. The second-order valence-corrected chi connectivity index (χ2v) is 13.0. The Bertz CT molecular complexity index is 1310. The van der Waals surface area contributed by atoms with Crippen LogP contribution in [0.25, 0.3) is 10.9 Å². The number of hydrogen-bond donors (Lipinski definition) is 2. The fraction of sp³-hybridized carbons (Fsp3) is 0.387. The Morgan fingerprint density at radius 1 is 0.972 bits per heavy atom. The van der Waals surface area contributed by atoms with Gasteiger partial charge in [0.15, 0.2) is 0 Å². The third kappa shape index (κ3) is 6.13. The monoisotopic (exact) mass is 502 g/mol. The summed E-state index contributed by atoms with van der Waals surface area (Å²) in [5.74, 6) is 0.756. The van der Waals surface area contributed by atoms with E-state index in [0.29, 0.717) is 6.61 Å². The lowest BCUT2D eigenvalue weighted by atomic mass is 9.83. The summed E-state index contributed by atoms with van der Waals surface area (Å²) in [5.41, 5.74) is 5.60. The number of aromatic nitrogens is 2. The molecule has 0 aliphatic carbocycles. The Hall–Kier alpha value is -2.76. The first-order chi connectivity index (χ1) is 16.9. The van der Waals surface area contributed by atoms with E-state index < -0.39 is 5.60 Å². The Morgan fingerprint density at radius 3 is 2.31 bits per heavy atom. The van der Waals surface area contributed by atoms with E-state index in [1.165, 1.54) is 15.8 Å². The average molecular weight is 503 g/mol. The van der Waals surface area contributed by atoms with Crippen molar-refractivity contribution in [1.82, 2.24) is 9.97 Å². The van der Waals surface area contributed by atoms with Gasteiger partial charge in [-0.05, 0) is 63.4 Å². The SMILES string of the molecule is Cc1ccc(COc2ccc3[nH]c(C(Cc4ccccc4)C(C)(C)O)c(SC(C)(C)C)c3c2C)nc1. The number of fused-ring (bicyclic) bond motifs is 1. The number of thioether (sulfide) groups is 1. The maximum atomic E-state index is 11.3. The van der Waals surface area contributed by atoms with Crippen molar-refractivity contribution in [2.45, 2.75) is 82.7 Å². The molecule has 0 spiro atoms. The highest BCUT2D eigenvalue weighted by atomic mass is 32.2. The fourth-order valence-electron chi connectivity index (χ4n) is 4.53. The van der Waals surface area contributed by atoms with Crippen molar-refractivity contribution in [1.29, 1.82) is 0 Å². The standard InChI is InChI=1S/C31H38N2O2S/c1-20-13-14-23(32-18-20)19-35-26-16-15-25-27(21(26)2)29(36-30(3,4)5)28(33-25)24(31(6,7)34)17-22-11-9-8-10-12-22/h8-16,18,24,33-34H,17,19H2,1-7H3. The van der Waals surface area contributed by atoms with E-state index in [2.05, 4.69) is 74.1 Å². The first kappa shape index (κ1) is 26.3. The van der Waals surface area contributed by atoms with E-state index >= 15 is 0 Å². The summed E-state index contributed by atoms with van der Waals surface area (Å²) in [6.07, 6.45) is 2.62. The van der Waals surface area contributed by atoms with Gasteiger partial charge in [0.1, 0.15) is 12.4 Å². The smallest absolute Gasteiger partial charge is 0.130 e. The zero-order valence-electron chi connectivity index (χ0n) is 22.5. The third-order valence-corrected chi connectivity index (χ3v) is 7.64. The van der Waals surface area contributed by atoms with E-state index in [1.54, 1.807) is 0 Å². The van der Waals surface area contributed by atoms with Gasteiger partial charge in [0.05, 0.1) is 11.3 Å². The van der Waals surface area contributed by atoms with Crippen LogP contribution >= 0.6 is 11.8 Å². The van der Waals surface area contributed by atoms with Gasteiger partial charge >= 0.3 is 0 Å². The summed E-state index contributed by atoms with van der Waals surface area (Å²) in [5, 5.41) is 12.5. The molecule has 0 saturated carbocycles. The van der Waals surface area contributed by atoms with Crippen molar-refractivity contribution in [3.8, 4) is 5.75 Å². The van der Waals surface area contributed by atoms with Crippen molar-refractivity contribution in [2.24, 2.45) is 0 Å². The minimum atomic E-state index is -0.908. The van der Waals surface area contributed by atoms with Crippen LogP contribution in [0.3, 0.4) is 0 Å². The van der Waals surface area contributed by atoms with E-state index in [-0.39, 0.29) is 10.7 Å². The minimum absolute atomic E-state index is 0.00408. The topological polar surface area (TPSA) is 58.1 Å². The minimum Gasteiger partial charge on any atom is -0.487 e. The van der Waals surface area contributed by atoms with E-state index in [1.807, 2.05) is 56.9 Å². The number of pyridine rings is 1. The van der Waals surface area contributed by atoms with Crippen molar-refractivity contribution >= 4 is 22.7 Å². The highest BCUT2D eigenvalue weighted by molar-refractivity contribution is 8.00. The van der Waals surface area contributed by atoms with Gasteiger partial charge in [0, 0.05) is 43.9 Å². The molecule has 190 valence electrons. The van der Waals surface area contributed by atoms with Crippen molar-refractivity contribution in [2.75, 3.05) is 0 Å². The number of H-pyrrole nitrogens is 1. The second kappa shape index (κ2) is 10.3. The summed E-state index contributed by atoms with van der Waals surface area (Å²) in [4.78, 5) is 9.39. The van der Waals surface area contributed by atoms with E-state index in [4.69, 9.17) is 4.74 Å². The largest absolute Gasteiger partial charge is 0.487 e. The molecule has 2 aromatic heterocycles. The van der Waals surface area contributed by atoms with Gasteiger partial charge < -0.3 is 14.8 Å². The number of aliphatic hydroxyl groups is 1. The van der Waals surface area contributed by atoms with Crippen LogP contribution < -0.4 is 4.74 Å². The average Bonchev–Trinajstić information content (AvgIpc) is 3.15. The number of aryl methyl sites for hydroxylation is 2. The molecule has 0 fully saturated rings. The molecule has 0 aliphatic heterocycles. The molecule has 4 nitrogen and oxygen atoms in total. The predicted octanol–water partition coefficient (Wildman–Crippen LogP) is 7.75. The summed E-state index contributed by atoms with van der Waals surface area (Å²) >= 11 is 1.85. The van der Waals surface area contributed by atoms with Crippen LogP contribution in [-0.4, -0.2) is 25.4 Å². The summed E-state index contributed by atoms with van der Waals surface area (Å²) < 4.78 is 6.25. The molecule has 0 amide bonds. The van der Waals surface area contributed by atoms with Crippen LogP contribution in [0, 0.1) is 13.8 Å². The van der Waals surface area contributed by atoms with Gasteiger partial charge in [-0.2, -0.15) is 0 Å². The van der Waals surface area contributed by atoms with E-state index in [0.717, 1.165) is 40.2 Å². The highest BCUT2D eigenvalue weighted by Crippen LogP contribution is 2.47. The molecule has 0 radical (unpaired) electrons. The molecule has 2 N–H and O–H groups in total. The lowest BCUT2D eigenvalue weighted by molar-refractivity contribution is 0.0476. The molecule has 0 bridgehead atoms. The predicted molar refractivity (Wildman–Crippen MR) is 151 cm³/mol. The first-order valence-electron chi connectivity index (χ1n) is 12.6. The lowest BCUT2D eigenvalue weighted by Crippen LogP contribution is -2.31. The third-order valence-electron chi connectivity index (χ3n) is 6.40. The molecule has 4 rings (SSSR count). The zero-order valence-corrected chi connectivity index (χ0v) is 23.3. The van der Waals surface area contributed by atoms with Gasteiger partial charge in [0.25, 0.3) is 0 Å². The molecule has 2 aromatic carbocycles.